The zero-order chi connectivity index (χ0) is 20.1. The number of urea groups is 1. The van der Waals surface area contributed by atoms with Gasteiger partial charge >= 0.3 is 6.03 Å². The van der Waals surface area contributed by atoms with Crippen molar-refractivity contribution in [3.05, 3.63) is 34.3 Å². The van der Waals surface area contributed by atoms with Gasteiger partial charge in [-0.1, -0.05) is 30.4 Å². The van der Waals surface area contributed by atoms with Crippen molar-refractivity contribution in [2.75, 3.05) is 39.3 Å². The third kappa shape index (κ3) is 3.99. The molecule has 4 aliphatic rings. The highest BCUT2D eigenvalue weighted by molar-refractivity contribution is 6.31. The zero-order valence-corrected chi connectivity index (χ0v) is 17.8. The van der Waals surface area contributed by atoms with Crippen LogP contribution >= 0.6 is 11.6 Å². The lowest BCUT2D eigenvalue weighted by Gasteiger charge is -2.43. The van der Waals surface area contributed by atoms with Gasteiger partial charge in [0, 0.05) is 55.9 Å². The lowest BCUT2D eigenvalue weighted by atomic mass is 9.96. The molecule has 2 saturated heterocycles. The molecule has 0 spiro atoms. The van der Waals surface area contributed by atoms with Crippen LogP contribution in [0.3, 0.4) is 0 Å². The summed E-state index contributed by atoms with van der Waals surface area (Å²) in [5.41, 5.74) is 2.06. The summed E-state index contributed by atoms with van der Waals surface area (Å²) in [6.45, 7) is 7.94. The fourth-order valence-corrected chi connectivity index (χ4v) is 4.57. The standard InChI is InChI=1S/C23H29ClN4O/c1-22(6-7-22)19-14-17(2-3-20(19)24)4-5-23(8-9-23)26-21(29)28-12-10-27(11-13-28)18-15-25-16-18/h2-3,14,18,25H,6-13,15-16H2,1H3,(H,26,29). The fourth-order valence-electron chi connectivity index (χ4n) is 4.23. The maximum absolute atomic E-state index is 12.8. The lowest BCUT2D eigenvalue weighted by molar-refractivity contribution is 0.0839. The maximum Gasteiger partial charge on any atom is 0.318 e. The highest BCUT2D eigenvalue weighted by Gasteiger charge is 2.44. The van der Waals surface area contributed by atoms with E-state index in [4.69, 9.17) is 11.6 Å². The summed E-state index contributed by atoms with van der Waals surface area (Å²) in [5.74, 6) is 6.65. The molecule has 2 N–H and O–H groups in total. The summed E-state index contributed by atoms with van der Waals surface area (Å²) in [5, 5.41) is 7.36. The minimum absolute atomic E-state index is 0.0328. The number of nitrogens with one attached hydrogen (secondary N) is 2. The minimum Gasteiger partial charge on any atom is -0.322 e. The lowest BCUT2D eigenvalue weighted by Crippen LogP contribution is -2.63. The molecule has 0 atom stereocenters. The van der Waals surface area contributed by atoms with Gasteiger partial charge < -0.3 is 15.5 Å². The highest BCUT2D eigenvalue weighted by atomic mass is 35.5. The maximum atomic E-state index is 12.8. The highest BCUT2D eigenvalue weighted by Crippen LogP contribution is 2.50. The van der Waals surface area contributed by atoms with Crippen molar-refractivity contribution in [1.82, 2.24) is 20.4 Å². The van der Waals surface area contributed by atoms with Crippen LogP contribution in [0.4, 0.5) is 4.79 Å². The quantitative estimate of drug-likeness (QED) is 0.750. The van der Waals surface area contributed by atoms with Crippen molar-refractivity contribution in [3.63, 3.8) is 0 Å². The summed E-state index contributed by atoms with van der Waals surface area (Å²) in [6.07, 6.45) is 4.23. The van der Waals surface area contributed by atoms with Gasteiger partial charge in [0.05, 0.1) is 0 Å². The molecule has 154 valence electrons. The number of rotatable bonds is 3. The number of carbonyl (C=O) groups excluding carboxylic acids is 1. The normalized spacial score (nSPS) is 24.8. The second kappa shape index (κ2) is 7.19. The predicted octanol–water partition coefficient (Wildman–Crippen LogP) is 2.57. The third-order valence-electron chi connectivity index (χ3n) is 7.04. The van der Waals surface area contributed by atoms with Crippen molar-refractivity contribution >= 4 is 17.6 Å². The van der Waals surface area contributed by atoms with Crippen molar-refractivity contribution in [2.45, 2.75) is 49.6 Å². The Kier molecular flexibility index (Phi) is 4.77. The molecule has 4 fully saturated rings. The second-order valence-electron chi connectivity index (χ2n) is 9.35. The molecule has 0 bridgehead atoms. The Balaban J connectivity index is 1.20. The van der Waals surface area contributed by atoms with Crippen LogP contribution in [0.1, 0.15) is 43.7 Å². The Morgan fingerprint density at radius 1 is 1.17 bits per heavy atom. The topological polar surface area (TPSA) is 47.6 Å². The van der Waals surface area contributed by atoms with Crippen molar-refractivity contribution in [2.24, 2.45) is 0 Å². The molecule has 1 aromatic carbocycles. The van der Waals surface area contributed by atoms with Crippen LogP contribution in [0.15, 0.2) is 18.2 Å². The van der Waals surface area contributed by atoms with Gasteiger partial charge in [-0.2, -0.15) is 0 Å². The number of hydrogen-bond acceptors (Lipinski definition) is 3. The number of halogens is 1. The fraction of sp³-hybridized carbons (Fsp3) is 0.609. The molecule has 0 radical (unpaired) electrons. The average Bonchev–Trinajstić information content (AvgIpc) is 3.59. The summed E-state index contributed by atoms with van der Waals surface area (Å²) < 4.78 is 0. The van der Waals surface area contributed by atoms with E-state index in [-0.39, 0.29) is 17.0 Å². The van der Waals surface area contributed by atoms with E-state index in [1.165, 1.54) is 18.4 Å². The molecular formula is C23H29ClN4O. The zero-order valence-electron chi connectivity index (χ0n) is 17.1. The van der Waals surface area contributed by atoms with Gasteiger partial charge in [0.1, 0.15) is 5.54 Å². The number of piperazine rings is 1. The molecule has 2 saturated carbocycles. The van der Waals surface area contributed by atoms with Crippen LogP contribution in [0.2, 0.25) is 5.02 Å². The summed E-state index contributed by atoms with van der Waals surface area (Å²) in [7, 11) is 0. The number of hydrogen-bond donors (Lipinski definition) is 2. The van der Waals surface area contributed by atoms with Gasteiger partial charge in [0.2, 0.25) is 0 Å². The van der Waals surface area contributed by atoms with Crippen LogP contribution < -0.4 is 10.6 Å². The van der Waals surface area contributed by atoms with Gasteiger partial charge in [0.15, 0.2) is 0 Å². The van der Waals surface area contributed by atoms with E-state index in [2.05, 4.69) is 40.4 Å². The predicted molar refractivity (Wildman–Crippen MR) is 115 cm³/mol. The molecule has 5 rings (SSSR count). The van der Waals surface area contributed by atoms with Gasteiger partial charge in [-0.15, -0.1) is 0 Å². The summed E-state index contributed by atoms with van der Waals surface area (Å²) in [6, 6.07) is 6.76. The molecule has 29 heavy (non-hydrogen) atoms. The van der Waals surface area contributed by atoms with Gasteiger partial charge in [-0.3, -0.25) is 4.90 Å². The van der Waals surface area contributed by atoms with Crippen molar-refractivity contribution in [3.8, 4) is 11.8 Å². The Morgan fingerprint density at radius 2 is 1.90 bits per heavy atom. The van der Waals surface area contributed by atoms with Crippen LogP contribution in [0.5, 0.6) is 0 Å². The summed E-state index contributed by atoms with van der Waals surface area (Å²) >= 11 is 6.40. The first-order valence-corrected chi connectivity index (χ1v) is 11.2. The van der Waals surface area contributed by atoms with Crippen LogP contribution in [0, 0.1) is 11.8 Å². The number of nitrogens with zero attached hydrogens (tertiary/aromatic N) is 2. The number of carbonyl (C=O) groups is 1. The van der Waals surface area contributed by atoms with E-state index < -0.39 is 0 Å². The third-order valence-corrected chi connectivity index (χ3v) is 7.37. The van der Waals surface area contributed by atoms with Crippen LogP contribution in [-0.4, -0.2) is 66.7 Å². The molecule has 0 unspecified atom stereocenters. The first-order chi connectivity index (χ1) is 14.0. The Labute approximate surface area is 178 Å². The minimum atomic E-state index is -0.352. The largest absolute Gasteiger partial charge is 0.322 e. The second-order valence-corrected chi connectivity index (χ2v) is 9.76. The van der Waals surface area contributed by atoms with E-state index in [0.29, 0.717) is 6.04 Å². The molecule has 6 heteroatoms. The van der Waals surface area contributed by atoms with Gasteiger partial charge in [-0.25, -0.2) is 4.79 Å². The Hall–Kier alpha value is -1.74. The number of benzene rings is 1. The van der Waals surface area contributed by atoms with E-state index in [1.54, 1.807) is 0 Å². The van der Waals surface area contributed by atoms with E-state index in [1.807, 2.05) is 17.0 Å². The monoisotopic (exact) mass is 412 g/mol. The molecule has 0 aromatic heterocycles. The number of amides is 2. The Morgan fingerprint density at radius 3 is 2.48 bits per heavy atom. The van der Waals surface area contributed by atoms with E-state index in [0.717, 1.165) is 62.7 Å². The first-order valence-electron chi connectivity index (χ1n) is 10.8. The van der Waals surface area contributed by atoms with Crippen LogP contribution in [-0.2, 0) is 5.41 Å². The molecular weight excluding hydrogens is 384 g/mol. The molecule has 2 aliphatic carbocycles. The van der Waals surface area contributed by atoms with Gasteiger partial charge in [-0.05, 0) is 54.9 Å². The SMILES string of the molecule is CC1(c2cc(C#CC3(NC(=O)N4CCN(C5CNC5)CC4)CC3)ccc2Cl)CC1. The van der Waals surface area contributed by atoms with Crippen molar-refractivity contribution < 1.29 is 4.79 Å². The van der Waals surface area contributed by atoms with E-state index in [9.17, 15) is 4.79 Å². The smallest absolute Gasteiger partial charge is 0.318 e. The molecule has 2 aliphatic heterocycles. The van der Waals surface area contributed by atoms with Gasteiger partial charge in [0.25, 0.3) is 0 Å². The summed E-state index contributed by atoms with van der Waals surface area (Å²) in [4.78, 5) is 17.2. The first kappa shape index (κ1) is 19.2. The van der Waals surface area contributed by atoms with Crippen LogP contribution in [0.25, 0.3) is 0 Å². The Bertz CT molecular complexity index is 869. The molecule has 1 aromatic rings. The molecule has 5 nitrogen and oxygen atoms in total. The molecule has 2 heterocycles. The average molecular weight is 413 g/mol. The van der Waals surface area contributed by atoms with E-state index >= 15 is 0 Å². The molecule has 2 amide bonds. The van der Waals surface area contributed by atoms with Crippen molar-refractivity contribution in [1.29, 1.82) is 0 Å².